The highest BCUT2D eigenvalue weighted by Crippen LogP contribution is 2.25. The topological polar surface area (TPSA) is 83.4 Å². The van der Waals surface area contributed by atoms with Crippen LogP contribution in [-0.2, 0) is 13.0 Å². The van der Waals surface area contributed by atoms with E-state index in [2.05, 4.69) is 39.7 Å². The van der Waals surface area contributed by atoms with Gasteiger partial charge in [-0.2, -0.15) is 5.10 Å². The number of unbranched alkanes of at least 4 members (excludes halogenated alkanes) is 1. The Labute approximate surface area is 216 Å². The van der Waals surface area contributed by atoms with Gasteiger partial charge in [-0.1, -0.05) is 35.9 Å². The van der Waals surface area contributed by atoms with Gasteiger partial charge in [0.15, 0.2) is 0 Å². The molecule has 0 unspecified atom stereocenters. The molecular weight excluding hydrogens is 478 g/mol. The molecule has 8 heteroatoms. The predicted molar refractivity (Wildman–Crippen MR) is 141 cm³/mol. The van der Waals surface area contributed by atoms with Gasteiger partial charge in [0.25, 0.3) is 5.91 Å². The van der Waals surface area contributed by atoms with E-state index < -0.39 is 5.91 Å². The summed E-state index contributed by atoms with van der Waals surface area (Å²) in [6.07, 6.45) is 4.67. The fraction of sp³-hybridized carbons (Fsp3) is 0.286. The monoisotopic (exact) mass is 507 g/mol. The Morgan fingerprint density at radius 2 is 1.97 bits per heavy atom. The van der Waals surface area contributed by atoms with Crippen LogP contribution in [0.15, 0.2) is 65.8 Å². The van der Waals surface area contributed by atoms with Crippen molar-refractivity contribution in [3.8, 4) is 17.2 Å². The largest absolute Gasteiger partial charge is 0.506 e. The van der Waals surface area contributed by atoms with Crippen LogP contribution in [0.3, 0.4) is 0 Å². The molecule has 188 valence electrons. The van der Waals surface area contributed by atoms with Crippen molar-refractivity contribution < 1.29 is 19.4 Å². The van der Waals surface area contributed by atoms with Crippen molar-refractivity contribution in [2.45, 2.75) is 25.8 Å². The number of rotatable bonds is 10. The third-order valence-electron chi connectivity index (χ3n) is 6.13. The van der Waals surface area contributed by atoms with Crippen LogP contribution in [0.2, 0.25) is 5.02 Å². The molecule has 1 aliphatic heterocycles. The number of benzene rings is 3. The van der Waals surface area contributed by atoms with Crippen molar-refractivity contribution in [1.82, 2.24) is 10.3 Å². The number of nitrogens with one attached hydrogen (secondary N) is 1. The van der Waals surface area contributed by atoms with Gasteiger partial charge in [0.1, 0.15) is 17.2 Å². The summed E-state index contributed by atoms with van der Waals surface area (Å²) in [5.74, 6) is 0.779. The molecule has 0 atom stereocenters. The molecule has 0 bridgehead atoms. The van der Waals surface area contributed by atoms with Gasteiger partial charge in [-0.05, 0) is 67.3 Å². The van der Waals surface area contributed by atoms with E-state index in [4.69, 9.17) is 21.1 Å². The standard InChI is InChI=1S/C28H30ClN3O4/c1-35-27-17-24(36-15-5-4-13-32-14-12-20-6-2-3-7-23(20)19-32)10-8-22(27)18-30-31-28(34)21-9-11-26(33)25(29)16-21/h2-3,6-11,16-18,33H,4-5,12-15,19H2,1H3,(H,31,34)/b30-18+. The number of carbonyl (C=O) groups excluding carboxylic acids is 1. The van der Waals surface area contributed by atoms with E-state index >= 15 is 0 Å². The van der Waals surface area contributed by atoms with E-state index in [0.29, 0.717) is 17.9 Å². The number of phenolic OH excluding ortho intramolecular Hbond substituents is 1. The lowest BCUT2D eigenvalue weighted by molar-refractivity contribution is 0.0955. The molecule has 7 nitrogen and oxygen atoms in total. The summed E-state index contributed by atoms with van der Waals surface area (Å²) in [5, 5.41) is 13.6. The van der Waals surface area contributed by atoms with Crippen LogP contribution in [-0.4, -0.2) is 48.9 Å². The maximum Gasteiger partial charge on any atom is 0.271 e. The van der Waals surface area contributed by atoms with E-state index in [1.54, 1.807) is 7.11 Å². The van der Waals surface area contributed by atoms with E-state index in [-0.39, 0.29) is 16.3 Å². The average Bonchev–Trinajstić information content (AvgIpc) is 2.90. The van der Waals surface area contributed by atoms with Gasteiger partial charge in [-0.3, -0.25) is 9.69 Å². The van der Waals surface area contributed by atoms with Crippen LogP contribution >= 0.6 is 11.6 Å². The Kier molecular flexibility index (Phi) is 8.81. The van der Waals surface area contributed by atoms with Gasteiger partial charge >= 0.3 is 0 Å². The molecule has 0 fully saturated rings. The summed E-state index contributed by atoms with van der Waals surface area (Å²) >= 11 is 5.85. The van der Waals surface area contributed by atoms with Crippen LogP contribution in [0, 0.1) is 0 Å². The zero-order chi connectivity index (χ0) is 25.3. The summed E-state index contributed by atoms with van der Waals surface area (Å²) in [5.41, 5.74) is 6.34. The Balaban J connectivity index is 1.21. The Morgan fingerprint density at radius 3 is 2.78 bits per heavy atom. The number of hydrogen-bond donors (Lipinski definition) is 2. The normalized spacial score (nSPS) is 13.4. The molecule has 3 aromatic rings. The fourth-order valence-electron chi connectivity index (χ4n) is 4.13. The first-order valence-electron chi connectivity index (χ1n) is 12.0. The van der Waals surface area contributed by atoms with Gasteiger partial charge in [-0.25, -0.2) is 5.43 Å². The molecule has 1 heterocycles. The van der Waals surface area contributed by atoms with Crippen molar-refractivity contribution in [1.29, 1.82) is 0 Å². The number of hydrazone groups is 1. The molecule has 2 N–H and O–H groups in total. The number of ether oxygens (including phenoxy) is 2. The zero-order valence-electron chi connectivity index (χ0n) is 20.2. The molecule has 4 rings (SSSR count). The number of methoxy groups -OCH3 is 1. The number of nitrogens with zero attached hydrogens (tertiary/aromatic N) is 2. The molecule has 0 spiro atoms. The third kappa shape index (κ3) is 6.77. The average molecular weight is 508 g/mol. The van der Waals surface area contributed by atoms with E-state index in [1.807, 2.05) is 18.2 Å². The molecule has 1 aliphatic rings. The molecule has 36 heavy (non-hydrogen) atoms. The molecule has 0 radical (unpaired) electrons. The second kappa shape index (κ2) is 12.4. The summed E-state index contributed by atoms with van der Waals surface area (Å²) < 4.78 is 11.4. The quantitative estimate of drug-likeness (QED) is 0.228. The molecule has 0 saturated heterocycles. The van der Waals surface area contributed by atoms with Crippen molar-refractivity contribution in [3.05, 3.63) is 87.9 Å². The second-order valence-corrected chi connectivity index (χ2v) is 9.03. The minimum Gasteiger partial charge on any atom is -0.506 e. The van der Waals surface area contributed by atoms with Crippen molar-refractivity contribution >= 4 is 23.7 Å². The van der Waals surface area contributed by atoms with Crippen LogP contribution in [0.4, 0.5) is 0 Å². The molecule has 1 amide bonds. The SMILES string of the molecule is COc1cc(OCCCCN2CCc3ccccc3C2)ccc1/C=N/NC(=O)c1ccc(O)c(Cl)c1. The van der Waals surface area contributed by atoms with E-state index in [0.717, 1.165) is 44.6 Å². The lowest BCUT2D eigenvalue weighted by Crippen LogP contribution is -2.31. The highest BCUT2D eigenvalue weighted by molar-refractivity contribution is 6.32. The Hall–Kier alpha value is -3.55. The minimum atomic E-state index is -0.444. The maximum atomic E-state index is 12.2. The molecule has 0 saturated carbocycles. The number of aromatic hydroxyl groups is 1. The van der Waals surface area contributed by atoms with E-state index in [9.17, 15) is 9.90 Å². The summed E-state index contributed by atoms with van der Waals surface area (Å²) in [4.78, 5) is 14.7. The van der Waals surface area contributed by atoms with Crippen molar-refractivity contribution in [2.75, 3.05) is 26.8 Å². The predicted octanol–water partition coefficient (Wildman–Crippen LogP) is 5.04. The lowest BCUT2D eigenvalue weighted by Gasteiger charge is -2.28. The number of hydrogen-bond acceptors (Lipinski definition) is 6. The summed E-state index contributed by atoms with van der Waals surface area (Å²) in [6.45, 7) is 3.84. The number of fused-ring (bicyclic) bond motifs is 1. The summed E-state index contributed by atoms with van der Waals surface area (Å²) in [7, 11) is 1.57. The van der Waals surface area contributed by atoms with Crippen LogP contribution < -0.4 is 14.9 Å². The Morgan fingerprint density at radius 1 is 1.14 bits per heavy atom. The number of carbonyl (C=O) groups is 1. The van der Waals surface area contributed by atoms with Crippen LogP contribution in [0.5, 0.6) is 17.2 Å². The van der Waals surface area contributed by atoms with Gasteiger partial charge in [0.05, 0.1) is 25.0 Å². The van der Waals surface area contributed by atoms with Gasteiger partial charge in [-0.15, -0.1) is 0 Å². The van der Waals surface area contributed by atoms with Crippen LogP contribution in [0.1, 0.15) is 39.9 Å². The lowest BCUT2D eigenvalue weighted by atomic mass is 10.00. The third-order valence-corrected chi connectivity index (χ3v) is 6.43. The molecule has 3 aromatic carbocycles. The maximum absolute atomic E-state index is 12.2. The number of phenols is 1. The minimum absolute atomic E-state index is 0.0862. The first-order chi connectivity index (χ1) is 17.5. The number of amides is 1. The van der Waals surface area contributed by atoms with Crippen molar-refractivity contribution in [3.63, 3.8) is 0 Å². The van der Waals surface area contributed by atoms with Gasteiger partial charge in [0.2, 0.25) is 0 Å². The van der Waals surface area contributed by atoms with E-state index in [1.165, 1.54) is 35.5 Å². The van der Waals surface area contributed by atoms with Crippen LogP contribution in [0.25, 0.3) is 0 Å². The molecular formula is C28H30ClN3O4. The second-order valence-electron chi connectivity index (χ2n) is 8.62. The number of halogens is 1. The van der Waals surface area contributed by atoms with Gasteiger partial charge < -0.3 is 14.6 Å². The first-order valence-corrected chi connectivity index (χ1v) is 12.3. The molecule has 0 aliphatic carbocycles. The van der Waals surface area contributed by atoms with Gasteiger partial charge in [0, 0.05) is 30.3 Å². The first kappa shape index (κ1) is 25.5. The zero-order valence-corrected chi connectivity index (χ0v) is 21.0. The highest BCUT2D eigenvalue weighted by atomic mass is 35.5. The highest BCUT2D eigenvalue weighted by Gasteiger charge is 2.15. The Bertz CT molecular complexity index is 1230. The molecule has 0 aromatic heterocycles. The smallest absolute Gasteiger partial charge is 0.271 e. The summed E-state index contributed by atoms with van der Waals surface area (Å²) in [6, 6.07) is 18.4. The van der Waals surface area contributed by atoms with Crippen molar-refractivity contribution in [2.24, 2.45) is 5.10 Å². The fourth-order valence-corrected chi connectivity index (χ4v) is 4.31.